The van der Waals surface area contributed by atoms with E-state index in [9.17, 15) is 4.79 Å². The van der Waals surface area contributed by atoms with Crippen LogP contribution in [0.4, 0.5) is 0 Å². The van der Waals surface area contributed by atoms with Gasteiger partial charge in [-0.15, -0.1) is 0 Å². The van der Waals surface area contributed by atoms with E-state index in [4.69, 9.17) is 9.47 Å². The maximum atomic E-state index is 12.8. The Hall–Kier alpha value is -1.40. The Morgan fingerprint density at radius 3 is 2.44 bits per heavy atom. The second-order valence-corrected chi connectivity index (χ2v) is 7.96. The third-order valence-corrected chi connectivity index (χ3v) is 5.94. The fourth-order valence-corrected chi connectivity index (χ4v) is 4.56. The van der Waals surface area contributed by atoms with Gasteiger partial charge in [0.1, 0.15) is 11.5 Å². The highest BCUT2D eigenvalue weighted by Gasteiger charge is 2.30. The summed E-state index contributed by atoms with van der Waals surface area (Å²) in [5.74, 6) is 4.27. The summed E-state index contributed by atoms with van der Waals surface area (Å²) < 4.78 is 10.7. The number of thioether (sulfide) groups is 1. The quantitative estimate of drug-likeness (QED) is 0.803. The number of nitrogens with zero attached hydrogens (tertiary/aromatic N) is 2. The Bertz CT molecular complexity index is 568. The molecule has 138 valence electrons. The molecule has 2 saturated heterocycles. The lowest BCUT2D eigenvalue weighted by atomic mass is 9.96. The van der Waals surface area contributed by atoms with Crippen molar-refractivity contribution >= 4 is 17.7 Å². The number of piperidine rings is 1. The normalized spacial score (nSPS) is 21.8. The predicted octanol–water partition coefficient (Wildman–Crippen LogP) is 2.49. The van der Waals surface area contributed by atoms with Crippen LogP contribution in [0.1, 0.15) is 18.4 Å². The van der Waals surface area contributed by atoms with Gasteiger partial charge in [0, 0.05) is 43.8 Å². The molecule has 1 atom stereocenters. The molecule has 0 radical (unpaired) electrons. The Morgan fingerprint density at radius 1 is 1.12 bits per heavy atom. The van der Waals surface area contributed by atoms with Crippen molar-refractivity contribution in [2.75, 3.05) is 51.9 Å². The molecule has 0 saturated carbocycles. The van der Waals surface area contributed by atoms with E-state index in [1.165, 1.54) is 5.56 Å². The largest absolute Gasteiger partial charge is 0.497 e. The highest BCUT2D eigenvalue weighted by Crippen LogP contribution is 2.26. The first-order valence-electron chi connectivity index (χ1n) is 9.00. The molecule has 1 aromatic rings. The number of benzene rings is 1. The minimum Gasteiger partial charge on any atom is -0.497 e. The lowest BCUT2D eigenvalue weighted by Gasteiger charge is -2.36. The van der Waals surface area contributed by atoms with Crippen molar-refractivity contribution in [3.05, 3.63) is 23.8 Å². The predicted molar refractivity (Wildman–Crippen MR) is 101 cm³/mol. The summed E-state index contributed by atoms with van der Waals surface area (Å²) in [6, 6.07) is 5.99. The first-order valence-corrected chi connectivity index (χ1v) is 10.2. The van der Waals surface area contributed by atoms with E-state index in [-0.39, 0.29) is 5.92 Å². The van der Waals surface area contributed by atoms with E-state index in [0.717, 1.165) is 68.6 Å². The summed E-state index contributed by atoms with van der Waals surface area (Å²) in [5, 5.41) is 0. The monoisotopic (exact) mass is 364 g/mol. The van der Waals surface area contributed by atoms with Crippen LogP contribution in [0.2, 0.25) is 0 Å². The SMILES string of the molecule is COc1cc(CN2CCCC(C(=O)N3CCSCC3)C2)cc(OC)c1. The molecular weight excluding hydrogens is 336 g/mol. The van der Waals surface area contributed by atoms with Crippen LogP contribution in [0.3, 0.4) is 0 Å². The molecule has 0 N–H and O–H groups in total. The minimum absolute atomic E-state index is 0.143. The van der Waals surface area contributed by atoms with E-state index in [1.807, 2.05) is 17.8 Å². The van der Waals surface area contributed by atoms with Crippen molar-refractivity contribution in [3.8, 4) is 11.5 Å². The molecular formula is C19H28N2O3S. The average Bonchev–Trinajstić information content (AvgIpc) is 2.68. The second kappa shape index (κ2) is 8.81. The number of methoxy groups -OCH3 is 2. The molecule has 5 nitrogen and oxygen atoms in total. The zero-order valence-corrected chi connectivity index (χ0v) is 16.0. The second-order valence-electron chi connectivity index (χ2n) is 6.73. The van der Waals surface area contributed by atoms with Gasteiger partial charge in [0.2, 0.25) is 5.91 Å². The van der Waals surface area contributed by atoms with Gasteiger partial charge in [-0.2, -0.15) is 11.8 Å². The molecule has 2 heterocycles. The summed E-state index contributed by atoms with van der Waals surface area (Å²) in [6.07, 6.45) is 2.10. The fourth-order valence-electron chi connectivity index (χ4n) is 3.66. The van der Waals surface area contributed by atoms with Crippen LogP contribution >= 0.6 is 11.8 Å². The van der Waals surface area contributed by atoms with Gasteiger partial charge >= 0.3 is 0 Å². The Morgan fingerprint density at radius 2 is 1.80 bits per heavy atom. The Labute approximate surface area is 154 Å². The van der Waals surface area contributed by atoms with Gasteiger partial charge < -0.3 is 14.4 Å². The summed E-state index contributed by atoms with van der Waals surface area (Å²) in [6.45, 7) is 4.54. The van der Waals surface area contributed by atoms with Crippen molar-refractivity contribution in [2.45, 2.75) is 19.4 Å². The number of hydrogen-bond donors (Lipinski definition) is 0. The van der Waals surface area contributed by atoms with Crippen molar-refractivity contribution < 1.29 is 14.3 Å². The van der Waals surface area contributed by atoms with Crippen molar-refractivity contribution in [3.63, 3.8) is 0 Å². The zero-order chi connectivity index (χ0) is 17.6. The van der Waals surface area contributed by atoms with E-state index in [0.29, 0.717) is 5.91 Å². The number of rotatable bonds is 5. The van der Waals surface area contributed by atoms with Gasteiger partial charge in [-0.3, -0.25) is 9.69 Å². The van der Waals surface area contributed by atoms with Crippen LogP contribution < -0.4 is 9.47 Å². The van der Waals surface area contributed by atoms with E-state index >= 15 is 0 Å². The number of hydrogen-bond acceptors (Lipinski definition) is 5. The topological polar surface area (TPSA) is 42.0 Å². The van der Waals surface area contributed by atoms with Crippen LogP contribution in [0.25, 0.3) is 0 Å². The smallest absolute Gasteiger partial charge is 0.227 e. The van der Waals surface area contributed by atoms with E-state index < -0.39 is 0 Å². The van der Waals surface area contributed by atoms with Crippen molar-refractivity contribution in [1.82, 2.24) is 9.80 Å². The highest BCUT2D eigenvalue weighted by atomic mass is 32.2. The minimum atomic E-state index is 0.143. The Kier molecular flexibility index (Phi) is 6.48. The standard InChI is InChI=1S/C19H28N2O3S/c1-23-17-10-15(11-18(12-17)24-2)13-20-5-3-4-16(14-20)19(22)21-6-8-25-9-7-21/h10-12,16H,3-9,13-14H2,1-2H3. The molecule has 1 aromatic carbocycles. The molecule has 0 aromatic heterocycles. The lowest BCUT2D eigenvalue weighted by molar-refractivity contribution is -0.137. The highest BCUT2D eigenvalue weighted by molar-refractivity contribution is 7.99. The van der Waals surface area contributed by atoms with Gasteiger partial charge in [-0.1, -0.05) is 0 Å². The molecule has 2 aliphatic heterocycles. The summed E-state index contributed by atoms with van der Waals surface area (Å²) >= 11 is 1.94. The lowest BCUT2D eigenvalue weighted by Crippen LogP contribution is -2.47. The molecule has 0 bridgehead atoms. The number of likely N-dealkylation sites (tertiary alicyclic amines) is 1. The van der Waals surface area contributed by atoms with Crippen molar-refractivity contribution in [1.29, 1.82) is 0 Å². The van der Waals surface area contributed by atoms with E-state index in [2.05, 4.69) is 21.9 Å². The zero-order valence-electron chi connectivity index (χ0n) is 15.2. The number of ether oxygens (including phenoxy) is 2. The molecule has 0 spiro atoms. The maximum absolute atomic E-state index is 12.8. The van der Waals surface area contributed by atoms with Crippen LogP contribution in [0, 0.1) is 5.92 Å². The maximum Gasteiger partial charge on any atom is 0.227 e. The summed E-state index contributed by atoms with van der Waals surface area (Å²) in [4.78, 5) is 17.3. The molecule has 1 unspecified atom stereocenters. The Balaban J connectivity index is 1.62. The fraction of sp³-hybridized carbons (Fsp3) is 0.632. The average molecular weight is 365 g/mol. The van der Waals surface area contributed by atoms with Crippen LogP contribution in [0.15, 0.2) is 18.2 Å². The molecule has 25 heavy (non-hydrogen) atoms. The van der Waals surface area contributed by atoms with Crippen LogP contribution in [-0.2, 0) is 11.3 Å². The first-order chi connectivity index (χ1) is 12.2. The first kappa shape index (κ1) is 18.4. The molecule has 2 fully saturated rings. The van der Waals surface area contributed by atoms with Crippen molar-refractivity contribution in [2.24, 2.45) is 5.92 Å². The van der Waals surface area contributed by atoms with Gasteiger partial charge in [0.25, 0.3) is 0 Å². The van der Waals surface area contributed by atoms with Gasteiger partial charge in [-0.05, 0) is 37.1 Å². The number of amides is 1. The molecule has 0 aliphatic carbocycles. The molecule has 2 aliphatic rings. The summed E-state index contributed by atoms with van der Waals surface area (Å²) in [7, 11) is 3.34. The third-order valence-electron chi connectivity index (χ3n) is 4.99. The van der Waals surface area contributed by atoms with E-state index in [1.54, 1.807) is 14.2 Å². The molecule has 3 rings (SSSR count). The van der Waals surface area contributed by atoms with Gasteiger partial charge in [0.15, 0.2) is 0 Å². The number of carbonyl (C=O) groups is 1. The molecule has 1 amide bonds. The number of carbonyl (C=O) groups excluding carboxylic acids is 1. The van der Waals surface area contributed by atoms with Crippen LogP contribution in [0.5, 0.6) is 11.5 Å². The van der Waals surface area contributed by atoms with Gasteiger partial charge in [0.05, 0.1) is 20.1 Å². The van der Waals surface area contributed by atoms with Gasteiger partial charge in [-0.25, -0.2) is 0 Å². The van der Waals surface area contributed by atoms with Crippen LogP contribution in [-0.4, -0.2) is 67.6 Å². The molecule has 6 heteroatoms. The summed E-state index contributed by atoms with van der Waals surface area (Å²) in [5.41, 5.74) is 1.17. The third kappa shape index (κ3) is 4.82.